The number of amides is 1. The maximum absolute atomic E-state index is 12.2. The van der Waals surface area contributed by atoms with Crippen molar-refractivity contribution in [1.29, 1.82) is 0 Å². The monoisotopic (exact) mass is 361 g/mol. The number of aromatic amines is 1. The van der Waals surface area contributed by atoms with Crippen LogP contribution in [0.3, 0.4) is 0 Å². The number of carbonyl (C=O) groups is 2. The van der Waals surface area contributed by atoms with Crippen molar-refractivity contribution in [2.45, 2.75) is 25.9 Å². The second-order valence-electron chi connectivity index (χ2n) is 5.71. The summed E-state index contributed by atoms with van der Waals surface area (Å²) < 4.78 is 5.74. The molecule has 138 valence electrons. The van der Waals surface area contributed by atoms with Crippen LogP contribution < -0.4 is 16.6 Å². The molecule has 1 atom stereocenters. The third kappa shape index (κ3) is 4.82. The Kier molecular flexibility index (Phi) is 5.94. The van der Waals surface area contributed by atoms with Gasteiger partial charge in [0.15, 0.2) is 0 Å². The quantitative estimate of drug-likeness (QED) is 0.592. The molecule has 1 heterocycles. The molecule has 2 rings (SSSR count). The standard InChI is InChI=1S/C17H19N3O6/c1-10-8-20(17(25)19-15(10)23)9-14(22)18-13(16(24)26-2)7-11-3-5-12(21)6-4-11/h3-6,8,13,21H,7,9H2,1-2H3,(H,18,22)(H,19,23,25). The molecule has 0 bridgehead atoms. The molecule has 0 aliphatic carbocycles. The van der Waals surface area contributed by atoms with Crippen LogP contribution in [-0.4, -0.2) is 39.7 Å². The Bertz CT molecular complexity index is 913. The number of hydrogen-bond donors (Lipinski definition) is 3. The van der Waals surface area contributed by atoms with Crippen LogP contribution in [-0.2, 0) is 27.3 Å². The van der Waals surface area contributed by atoms with E-state index in [0.717, 1.165) is 4.57 Å². The van der Waals surface area contributed by atoms with Gasteiger partial charge in [0.05, 0.1) is 7.11 Å². The molecule has 0 fully saturated rings. The van der Waals surface area contributed by atoms with Gasteiger partial charge in [-0.2, -0.15) is 0 Å². The van der Waals surface area contributed by atoms with Crippen molar-refractivity contribution in [1.82, 2.24) is 14.9 Å². The van der Waals surface area contributed by atoms with Crippen molar-refractivity contribution in [2.75, 3.05) is 7.11 Å². The summed E-state index contributed by atoms with van der Waals surface area (Å²) in [5, 5.41) is 11.8. The Labute approximate surface area is 148 Å². The van der Waals surface area contributed by atoms with Crippen molar-refractivity contribution in [3.05, 3.63) is 62.4 Å². The summed E-state index contributed by atoms with van der Waals surface area (Å²) in [6.07, 6.45) is 1.42. The van der Waals surface area contributed by atoms with Gasteiger partial charge in [-0.1, -0.05) is 12.1 Å². The largest absolute Gasteiger partial charge is 0.508 e. The fourth-order valence-corrected chi connectivity index (χ4v) is 2.33. The third-order valence-electron chi connectivity index (χ3n) is 3.70. The second kappa shape index (κ2) is 8.15. The molecule has 9 nitrogen and oxygen atoms in total. The molecule has 1 aromatic heterocycles. The lowest BCUT2D eigenvalue weighted by Crippen LogP contribution is -2.45. The number of methoxy groups -OCH3 is 1. The average Bonchev–Trinajstić information content (AvgIpc) is 2.60. The fraction of sp³-hybridized carbons (Fsp3) is 0.294. The molecule has 1 aromatic carbocycles. The molecule has 0 aliphatic heterocycles. The zero-order chi connectivity index (χ0) is 19.3. The van der Waals surface area contributed by atoms with E-state index in [2.05, 4.69) is 10.3 Å². The SMILES string of the molecule is COC(=O)C(Cc1ccc(O)cc1)NC(=O)Cn1cc(C)c(=O)[nH]c1=O. The minimum Gasteiger partial charge on any atom is -0.508 e. The first kappa shape index (κ1) is 19.0. The van der Waals surface area contributed by atoms with Crippen LogP contribution in [0.5, 0.6) is 5.75 Å². The molecular formula is C17H19N3O6. The number of rotatable bonds is 6. The highest BCUT2D eigenvalue weighted by Crippen LogP contribution is 2.11. The Morgan fingerprint density at radius 1 is 1.27 bits per heavy atom. The summed E-state index contributed by atoms with van der Waals surface area (Å²) >= 11 is 0. The summed E-state index contributed by atoms with van der Waals surface area (Å²) in [6, 6.07) is 5.21. The lowest BCUT2D eigenvalue weighted by atomic mass is 10.1. The number of aromatic nitrogens is 2. The molecule has 26 heavy (non-hydrogen) atoms. The predicted octanol–water partition coefficient (Wildman–Crippen LogP) is -0.549. The highest BCUT2D eigenvalue weighted by atomic mass is 16.5. The topological polar surface area (TPSA) is 130 Å². The van der Waals surface area contributed by atoms with Crippen LogP contribution in [0.2, 0.25) is 0 Å². The number of aryl methyl sites for hydroxylation is 1. The van der Waals surface area contributed by atoms with Crippen LogP contribution in [0.25, 0.3) is 0 Å². The first-order valence-corrected chi connectivity index (χ1v) is 7.75. The normalized spacial score (nSPS) is 11.6. The van der Waals surface area contributed by atoms with E-state index >= 15 is 0 Å². The molecular weight excluding hydrogens is 342 g/mol. The van der Waals surface area contributed by atoms with Crippen LogP contribution in [0.1, 0.15) is 11.1 Å². The van der Waals surface area contributed by atoms with Gasteiger partial charge < -0.3 is 15.2 Å². The lowest BCUT2D eigenvalue weighted by molar-refractivity contribution is -0.145. The molecule has 1 unspecified atom stereocenters. The Balaban J connectivity index is 2.12. The molecule has 3 N–H and O–H groups in total. The van der Waals surface area contributed by atoms with Gasteiger partial charge in [0.2, 0.25) is 5.91 Å². The number of H-pyrrole nitrogens is 1. The van der Waals surface area contributed by atoms with Gasteiger partial charge in [-0.05, 0) is 24.6 Å². The highest BCUT2D eigenvalue weighted by molar-refractivity contribution is 5.84. The average molecular weight is 361 g/mol. The smallest absolute Gasteiger partial charge is 0.328 e. The van der Waals surface area contributed by atoms with E-state index in [0.29, 0.717) is 5.56 Å². The van der Waals surface area contributed by atoms with Crippen molar-refractivity contribution in [3.8, 4) is 5.75 Å². The summed E-state index contributed by atoms with van der Waals surface area (Å²) in [6.45, 7) is 1.15. The van der Waals surface area contributed by atoms with Crippen LogP contribution in [0, 0.1) is 6.92 Å². The molecule has 0 spiro atoms. The molecule has 0 radical (unpaired) electrons. The van der Waals surface area contributed by atoms with Gasteiger partial charge in [0, 0.05) is 18.2 Å². The van der Waals surface area contributed by atoms with Gasteiger partial charge in [0.25, 0.3) is 5.56 Å². The van der Waals surface area contributed by atoms with E-state index in [1.54, 1.807) is 12.1 Å². The second-order valence-corrected chi connectivity index (χ2v) is 5.71. The summed E-state index contributed by atoms with van der Waals surface area (Å²) in [5.74, 6) is -1.15. The number of esters is 1. The number of phenolic OH excluding ortho intramolecular Hbond substituents is 1. The van der Waals surface area contributed by atoms with Gasteiger partial charge >= 0.3 is 11.7 Å². The molecule has 1 amide bonds. The van der Waals surface area contributed by atoms with Crippen LogP contribution in [0.4, 0.5) is 0 Å². The zero-order valence-corrected chi connectivity index (χ0v) is 14.3. The number of nitrogens with one attached hydrogen (secondary N) is 2. The Morgan fingerprint density at radius 2 is 1.92 bits per heavy atom. The number of ether oxygens (including phenoxy) is 1. The minimum absolute atomic E-state index is 0.0835. The van der Waals surface area contributed by atoms with E-state index in [1.807, 2.05) is 0 Å². The van der Waals surface area contributed by atoms with E-state index < -0.39 is 29.2 Å². The Morgan fingerprint density at radius 3 is 2.54 bits per heavy atom. The van der Waals surface area contributed by atoms with E-state index in [-0.39, 0.29) is 24.3 Å². The predicted molar refractivity (Wildman–Crippen MR) is 91.8 cm³/mol. The Hall–Kier alpha value is -3.36. The van der Waals surface area contributed by atoms with E-state index in [9.17, 15) is 24.3 Å². The summed E-state index contributed by atoms with van der Waals surface area (Å²) in [5.41, 5.74) is -0.253. The first-order valence-electron chi connectivity index (χ1n) is 7.75. The molecule has 9 heteroatoms. The van der Waals surface area contributed by atoms with Crippen molar-refractivity contribution >= 4 is 11.9 Å². The first-order chi connectivity index (χ1) is 12.3. The minimum atomic E-state index is -0.961. The summed E-state index contributed by atoms with van der Waals surface area (Å²) in [7, 11) is 1.20. The number of nitrogens with zero attached hydrogens (tertiary/aromatic N) is 1. The molecule has 2 aromatic rings. The van der Waals surface area contributed by atoms with E-state index in [4.69, 9.17) is 4.74 Å². The summed E-state index contributed by atoms with van der Waals surface area (Å²) in [4.78, 5) is 49.4. The molecule has 0 saturated heterocycles. The van der Waals surface area contributed by atoms with Crippen molar-refractivity contribution in [2.24, 2.45) is 0 Å². The zero-order valence-electron chi connectivity index (χ0n) is 14.3. The van der Waals surface area contributed by atoms with Crippen LogP contribution >= 0.6 is 0 Å². The maximum atomic E-state index is 12.2. The molecule has 0 aliphatic rings. The maximum Gasteiger partial charge on any atom is 0.328 e. The fourth-order valence-electron chi connectivity index (χ4n) is 2.33. The van der Waals surface area contributed by atoms with Gasteiger partial charge in [-0.25, -0.2) is 9.59 Å². The van der Waals surface area contributed by atoms with Crippen LogP contribution in [0.15, 0.2) is 40.1 Å². The number of benzene rings is 1. The third-order valence-corrected chi connectivity index (χ3v) is 3.70. The number of carbonyl (C=O) groups excluding carboxylic acids is 2. The van der Waals surface area contributed by atoms with Crippen molar-refractivity contribution in [3.63, 3.8) is 0 Å². The van der Waals surface area contributed by atoms with E-state index in [1.165, 1.54) is 32.4 Å². The number of aromatic hydroxyl groups is 1. The van der Waals surface area contributed by atoms with Crippen molar-refractivity contribution < 1.29 is 19.4 Å². The number of phenols is 1. The highest BCUT2D eigenvalue weighted by Gasteiger charge is 2.22. The molecule has 0 saturated carbocycles. The van der Waals surface area contributed by atoms with Gasteiger partial charge in [-0.15, -0.1) is 0 Å². The number of hydrogen-bond acceptors (Lipinski definition) is 6. The van der Waals surface area contributed by atoms with Gasteiger partial charge in [0.1, 0.15) is 18.3 Å². The lowest BCUT2D eigenvalue weighted by Gasteiger charge is -2.17. The van der Waals surface area contributed by atoms with Gasteiger partial charge in [-0.3, -0.25) is 19.1 Å².